The van der Waals surface area contributed by atoms with E-state index in [0.717, 1.165) is 18.5 Å². The molecular formula is C15H21ClN2O. The molecule has 3 nitrogen and oxygen atoms in total. The van der Waals surface area contributed by atoms with Crippen LogP contribution in [0.25, 0.3) is 0 Å². The number of amides is 1. The minimum absolute atomic E-state index is 0.119. The number of halogens is 1. The largest absolute Gasteiger partial charge is 0.371 e. The first-order valence-electron chi connectivity index (χ1n) is 6.59. The van der Waals surface area contributed by atoms with Crippen LogP contribution in [0.4, 0.5) is 5.69 Å². The van der Waals surface area contributed by atoms with Gasteiger partial charge in [0.2, 0.25) is 5.91 Å². The van der Waals surface area contributed by atoms with E-state index in [1.54, 1.807) is 0 Å². The molecule has 0 spiro atoms. The molecule has 0 aromatic heterocycles. The summed E-state index contributed by atoms with van der Waals surface area (Å²) < 4.78 is 0. The van der Waals surface area contributed by atoms with Gasteiger partial charge in [0.1, 0.15) is 5.54 Å². The molecule has 2 unspecified atom stereocenters. The molecule has 2 atom stereocenters. The molecule has 104 valence electrons. The Hall–Kier alpha value is -1.22. The van der Waals surface area contributed by atoms with Crippen LogP contribution in [0.5, 0.6) is 0 Å². The van der Waals surface area contributed by atoms with Crippen LogP contribution in [-0.2, 0) is 4.79 Å². The van der Waals surface area contributed by atoms with Gasteiger partial charge in [-0.2, -0.15) is 0 Å². The fraction of sp³-hybridized carbons (Fsp3) is 0.533. The Balaban J connectivity index is 2.31. The Kier molecular flexibility index (Phi) is 3.52. The molecule has 0 bridgehead atoms. The van der Waals surface area contributed by atoms with Gasteiger partial charge in [0.05, 0.1) is 0 Å². The highest BCUT2D eigenvalue weighted by molar-refractivity contribution is 6.30. The fourth-order valence-corrected chi connectivity index (χ4v) is 3.48. The van der Waals surface area contributed by atoms with Gasteiger partial charge in [-0.1, -0.05) is 32.4 Å². The third-order valence-electron chi connectivity index (χ3n) is 4.11. The van der Waals surface area contributed by atoms with E-state index in [-0.39, 0.29) is 17.2 Å². The number of nitrogens with one attached hydrogen (secondary N) is 1. The van der Waals surface area contributed by atoms with E-state index < -0.39 is 5.54 Å². The first kappa shape index (κ1) is 14.2. The zero-order valence-corrected chi connectivity index (χ0v) is 12.4. The van der Waals surface area contributed by atoms with Gasteiger partial charge in [-0.15, -0.1) is 0 Å². The van der Waals surface area contributed by atoms with E-state index in [4.69, 9.17) is 17.3 Å². The number of carbonyl (C=O) groups is 1. The van der Waals surface area contributed by atoms with Gasteiger partial charge in [-0.05, 0) is 48.4 Å². The molecule has 19 heavy (non-hydrogen) atoms. The summed E-state index contributed by atoms with van der Waals surface area (Å²) in [5.74, 6) is -0.0730. The van der Waals surface area contributed by atoms with Crippen molar-refractivity contribution in [3.8, 4) is 0 Å². The summed E-state index contributed by atoms with van der Waals surface area (Å²) in [6.07, 6.45) is 1.73. The van der Waals surface area contributed by atoms with Crippen LogP contribution in [0.15, 0.2) is 24.3 Å². The molecule has 1 aromatic rings. The Bertz CT molecular complexity index is 483. The van der Waals surface area contributed by atoms with Crippen LogP contribution in [0.2, 0.25) is 5.02 Å². The Morgan fingerprint density at radius 3 is 2.37 bits per heavy atom. The number of carbonyl (C=O) groups excluding carboxylic acids is 1. The number of primary amides is 1. The van der Waals surface area contributed by atoms with E-state index in [2.05, 4.69) is 26.1 Å². The lowest BCUT2D eigenvalue weighted by Crippen LogP contribution is -2.52. The van der Waals surface area contributed by atoms with Crippen molar-refractivity contribution in [1.82, 2.24) is 0 Å². The number of benzene rings is 1. The summed E-state index contributed by atoms with van der Waals surface area (Å²) in [6.45, 7) is 6.44. The van der Waals surface area contributed by atoms with Gasteiger partial charge >= 0.3 is 0 Å². The average Bonchev–Trinajstić information content (AvgIpc) is 2.53. The van der Waals surface area contributed by atoms with Crippen LogP contribution in [0.3, 0.4) is 0 Å². The maximum Gasteiger partial charge on any atom is 0.243 e. The lowest BCUT2D eigenvalue weighted by atomic mass is 9.85. The molecule has 0 heterocycles. The lowest BCUT2D eigenvalue weighted by Gasteiger charge is -2.33. The van der Waals surface area contributed by atoms with Crippen molar-refractivity contribution >= 4 is 23.2 Å². The number of hydrogen-bond acceptors (Lipinski definition) is 2. The highest BCUT2D eigenvalue weighted by Crippen LogP contribution is 2.48. The van der Waals surface area contributed by atoms with Gasteiger partial charge in [0.15, 0.2) is 0 Å². The lowest BCUT2D eigenvalue weighted by molar-refractivity contribution is -0.123. The van der Waals surface area contributed by atoms with Gasteiger partial charge in [-0.25, -0.2) is 0 Å². The summed E-state index contributed by atoms with van der Waals surface area (Å²) in [5, 5.41) is 4.03. The maximum atomic E-state index is 12.0. The molecule has 0 aliphatic heterocycles. The van der Waals surface area contributed by atoms with E-state index >= 15 is 0 Å². The van der Waals surface area contributed by atoms with E-state index in [1.807, 2.05) is 24.3 Å². The van der Waals surface area contributed by atoms with Crippen molar-refractivity contribution in [2.24, 2.45) is 17.1 Å². The second-order valence-electron chi connectivity index (χ2n) is 6.41. The second-order valence-corrected chi connectivity index (χ2v) is 6.85. The molecule has 4 heteroatoms. The highest BCUT2D eigenvalue weighted by Gasteiger charge is 2.52. The van der Waals surface area contributed by atoms with Crippen molar-refractivity contribution in [2.75, 3.05) is 5.32 Å². The molecule has 1 saturated carbocycles. The molecular weight excluding hydrogens is 260 g/mol. The van der Waals surface area contributed by atoms with E-state index in [1.165, 1.54) is 0 Å². The number of anilines is 1. The van der Waals surface area contributed by atoms with Crippen molar-refractivity contribution < 1.29 is 4.79 Å². The second kappa shape index (κ2) is 4.71. The molecule has 3 N–H and O–H groups in total. The van der Waals surface area contributed by atoms with Crippen molar-refractivity contribution in [1.29, 1.82) is 0 Å². The fourth-order valence-electron chi connectivity index (χ4n) is 3.35. The molecule has 1 aromatic carbocycles. The Morgan fingerprint density at radius 2 is 1.95 bits per heavy atom. The van der Waals surface area contributed by atoms with Gasteiger partial charge in [-0.3, -0.25) is 4.79 Å². The van der Waals surface area contributed by atoms with Crippen molar-refractivity contribution in [3.63, 3.8) is 0 Å². The predicted octanol–water partition coefficient (Wildman–Crippen LogP) is 3.43. The Morgan fingerprint density at radius 1 is 1.37 bits per heavy atom. The van der Waals surface area contributed by atoms with Gasteiger partial charge in [0, 0.05) is 10.7 Å². The summed E-state index contributed by atoms with van der Waals surface area (Å²) in [6, 6.07) is 7.38. The first-order chi connectivity index (χ1) is 8.75. The topological polar surface area (TPSA) is 55.1 Å². The van der Waals surface area contributed by atoms with Crippen molar-refractivity contribution in [2.45, 2.75) is 39.2 Å². The molecule has 2 rings (SSSR count). The molecule has 1 aliphatic rings. The van der Waals surface area contributed by atoms with Gasteiger partial charge < -0.3 is 11.1 Å². The number of nitrogens with two attached hydrogens (primary N) is 1. The summed E-state index contributed by atoms with van der Waals surface area (Å²) in [5.41, 5.74) is 6.03. The van der Waals surface area contributed by atoms with E-state index in [0.29, 0.717) is 5.02 Å². The Labute approximate surface area is 119 Å². The van der Waals surface area contributed by atoms with Crippen LogP contribution in [0, 0.1) is 11.3 Å². The summed E-state index contributed by atoms with van der Waals surface area (Å²) >= 11 is 5.88. The minimum Gasteiger partial charge on any atom is -0.371 e. The molecule has 1 fully saturated rings. The van der Waals surface area contributed by atoms with E-state index in [9.17, 15) is 4.79 Å². The minimum atomic E-state index is -0.669. The van der Waals surface area contributed by atoms with Crippen LogP contribution < -0.4 is 11.1 Å². The monoisotopic (exact) mass is 280 g/mol. The zero-order chi connectivity index (χ0) is 14.3. The molecule has 1 amide bonds. The average molecular weight is 281 g/mol. The van der Waals surface area contributed by atoms with Crippen LogP contribution in [0.1, 0.15) is 33.6 Å². The van der Waals surface area contributed by atoms with Gasteiger partial charge in [0.25, 0.3) is 0 Å². The standard InChI is InChI=1S/C15H21ClN2O/c1-10-8-14(2,3)9-15(10,13(17)19)18-12-6-4-11(16)5-7-12/h4-7,10,18H,8-9H2,1-3H3,(H2,17,19). The quantitative estimate of drug-likeness (QED) is 0.891. The third kappa shape index (κ3) is 2.71. The highest BCUT2D eigenvalue weighted by atomic mass is 35.5. The van der Waals surface area contributed by atoms with Crippen molar-refractivity contribution in [3.05, 3.63) is 29.3 Å². The zero-order valence-electron chi connectivity index (χ0n) is 11.7. The number of rotatable bonds is 3. The SMILES string of the molecule is CC1CC(C)(C)CC1(Nc1ccc(Cl)cc1)C(N)=O. The molecule has 0 saturated heterocycles. The summed E-state index contributed by atoms with van der Waals surface area (Å²) in [7, 11) is 0. The molecule has 0 radical (unpaired) electrons. The first-order valence-corrected chi connectivity index (χ1v) is 6.97. The summed E-state index contributed by atoms with van der Waals surface area (Å²) in [4.78, 5) is 12.0. The normalized spacial score (nSPS) is 29.2. The third-order valence-corrected chi connectivity index (χ3v) is 4.36. The smallest absolute Gasteiger partial charge is 0.243 e. The molecule has 1 aliphatic carbocycles. The predicted molar refractivity (Wildman–Crippen MR) is 79.2 cm³/mol. The van der Waals surface area contributed by atoms with Crippen LogP contribution in [-0.4, -0.2) is 11.4 Å². The van der Waals surface area contributed by atoms with Crippen LogP contribution >= 0.6 is 11.6 Å². The number of hydrogen-bond donors (Lipinski definition) is 2. The maximum absolute atomic E-state index is 12.0.